The van der Waals surface area contributed by atoms with Crippen LogP contribution < -0.4 is 4.74 Å². The Morgan fingerprint density at radius 1 is 1.00 bits per heavy atom. The normalized spacial score (nSPS) is 11.5. The van der Waals surface area contributed by atoms with Crippen molar-refractivity contribution >= 4 is 11.8 Å². The lowest BCUT2D eigenvalue weighted by Gasteiger charge is -2.13. The molecule has 4 rings (SSSR count). The van der Waals surface area contributed by atoms with Crippen molar-refractivity contribution in [2.75, 3.05) is 12.4 Å². The zero-order chi connectivity index (χ0) is 23.4. The average Bonchev–Trinajstić information content (AvgIpc) is 3.23. The number of hydrogen-bond acceptors (Lipinski definition) is 5. The number of hydrogen-bond donors (Lipinski definition) is 0. The maximum absolute atomic E-state index is 13.3. The van der Waals surface area contributed by atoms with Gasteiger partial charge in [0.1, 0.15) is 5.75 Å². The van der Waals surface area contributed by atoms with Crippen LogP contribution in [0.25, 0.3) is 17.1 Å². The van der Waals surface area contributed by atoms with Gasteiger partial charge < -0.3 is 4.74 Å². The molecule has 5 nitrogen and oxygen atoms in total. The molecule has 2 aromatic carbocycles. The van der Waals surface area contributed by atoms with Crippen LogP contribution in [0, 0.1) is 13.8 Å². The van der Waals surface area contributed by atoms with Crippen LogP contribution in [-0.2, 0) is 6.18 Å². The molecule has 0 aliphatic carbocycles. The summed E-state index contributed by atoms with van der Waals surface area (Å²) in [6.45, 7) is 4.39. The van der Waals surface area contributed by atoms with Crippen LogP contribution >= 0.6 is 11.8 Å². The summed E-state index contributed by atoms with van der Waals surface area (Å²) in [7, 11) is 0. The van der Waals surface area contributed by atoms with Crippen molar-refractivity contribution in [2.45, 2.75) is 25.2 Å². The van der Waals surface area contributed by atoms with E-state index < -0.39 is 11.7 Å². The van der Waals surface area contributed by atoms with E-state index in [-0.39, 0.29) is 0 Å². The topological polar surface area (TPSA) is 52.8 Å². The fraction of sp³-hybridized carbons (Fsp3) is 0.208. The highest BCUT2D eigenvalue weighted by Gasteiger charge is 2.31. The molecule has 2 aromatic heterocycles. The van der Waals surface area contributed by atoms with Crippen molar-refractivity contribution in [3.8, 4) is 22.8 Å². The molecule has 0 amide bonds. The molecule has 0 atom stereocenters. The molecule has 0 fully saturated rings. The van der Waals surface area contributed by atoms with Gasteiger partial charge in [0, 0.05) is 23.7 Å². The third-order valence-electron chi connectivity index (χ3n) is 4.90. The summed E-state index contributed by atoms with van der Waals surface area (Å²) in [4.78, 5) is 4.10. The van der Waals surface area contributed by atoms with E-state index in [0.717, 1.165) is 29.0 Å². The second kappa shape index (κ2) is 9.66. The van der Waals surface area contributed by atoms with E-state index in [4.69, 9.17) is 4.74 Å². The van der Waals surface area contributed by atoms with E-state index in [1.54, 1.807) is 35.2 Å². The van der Waals surface area contributed by atoms with Crippen LogP contribution in [0.15, 0.2) is 72.1 Å². The van der Waals surface area contributed by atoms with Gasteiger partial charge in [0.2, 0.25) is 0 Å². The lowest BCUT2D eigenvalue weighted by atomic mass is 10.1. The number of alkyl halides is 3. The molecule has 0 radical (unpaired) electrons. The zero-order valence-electron chi connectivity index (χ0n) is 18.0. The van der Waals surface area contributed by atoms with E-state index in [1.165, 1.54) is 17.8 Å². The van der Waals surface area contributed by atoms with Crippen molar-refractivity contribution in [3.05, 3.63) is 83.7 Å². The first-order valence-electron chi connectivity index (χ1n) is 10.2. The maximum Gasteiger partial charge on any atom is 0.416 e. The number of benzene rings is 2. The highest BCUT2D eigenvalue weighted by Crippen LogP contribution is 2.33. The number of ether oxygens (including phenoxy) is 1. The quantitative estimate of drug-likeness (QED) is 0.240. The molecule has 170 valence electrons. The van der Waals surface area contributed by atoms with E-state index in [1.807, 2.05) is 32.0 Å². The minimum absolute atomic E-state index is 0.326. The van der Waals surface area contributed by atoms with Gasteiger partial charge in [-0.05, 0) is 61.4 Å². The summed E-state index contributed by atoms with van der Waals surface area (Å²) >= 11 is 1.36. The largest absolute Gasteiger partial charge is 0.492 e. The van der Waals surface area contributed by atoms with Gasteiger partial charge in [0.25, 0.3) is 0 Å². The first kappa shape index (κ1) is 22.8. The zero-order valence-corrected chi connectivity index (χ0v) is 18.8. The molecule has 2 heterocycles. The third-order valence-corrected chi connectivity index (χ3v) is 5.79. The molecule has 0 saturated carbocycles. The SMILES string of the molecule is Cc1ccc(C)c(OCCSc2nnc(-c3cccnc3)n2-c2cccc(C(F)(F)F)c2)c1. The highest BCUT2D eigenvalue weighted by molar-refractivity contribution is 7.99. The van der Waals surface area contributed by atoms with Crippen LogP contribution in [0.1, 0.15) is 16.7 Å². The van der Waals surface area contributed by atoms with Gasteiger partial charge >= 0.3 is 6.18 Å². The van der Waals surface area contributed by atoms with Crippen LogP contribution in [0.4, 0.5) is 13.2 Å². The molecule has 0 aliphatic heterocycles. The van der Waals surface area contributed by atoms with E-state index >= 15 is 0 Å². The molecular formula is C24H21F3N4OS. The maximum atomic E-state index is 13.3. The average molecular weight is 471 g/mol. The molecule has 0 N–H and O–H groups in total. The van der Waals surface area contributed by atoms with Crippen LogP contribution in [0.2, 0.25) is 0 Å². The number of aryl methyl sites for hydroxylation is 2. The monoisotopic (exact) mass is 470 g/mol. The van der Waals surface area contributed by atoms with E-state index in [0.29, 0.717) is 34.6 Å². The lowest BCUT2D eigenvalue weighted by Crippen LogP contribution is -2.08. The molecule has 33 heavy (non-hydrogen) atoms. The molecule has 9 heteroatoms. The fourth-order valence-corrected chi connectivity index (χ4v) is 4.02. The molecule has 0 unspecified atom stereocenters. The third kappa shape index (κ3) is 5.36. The number of aromatic nitrogens is 4. The van der Waals surface area contributed by atoms with Gasteiger partial charge in [-0.3, -0.25) is 9.55 Å². The minimum atomic E-state index is -4.45. The number of thioether (sulfide) groups is 1. The van der Waals surface area contributed by atoms with Crippen LogP contribution in [0.5, 0.6) is 5.75 Å². The molecule has 4 aromatic rings. The summed E-state index contributed by atoms with van der Waals surface area (Å²) in [6.07, 6.45) is -1.23. The second-order valence-corrected chi connectivity index (χ2v) is 8.46. The van der Waals surface area contributed by atoms with Crippen molar-refractivity contribution in [3.63, 3.8) is 0 Å². The Morgan fingerprint density at radius 3 is 2.61 bits per heavy atom. The smallest absolute Gasteiger partial charge is 0.416 e. The molecule has 0 spiro atoms. The summed E-state index contributed by atoms with van der Waals surface area (Å²) in [5.41, 5.74) is 2.39. The van der Waals surface area contributed by atoms with Crippen molar-refractivity contribution in [1.82, 2.24) is 19.7 Å². The predicted octanol–water partition coefficient (Wildman–Crippen LogP) is 6.14. The number of nitrogens with zero attached hydrogens (tertiary/aromatic N) is 4. The number of rotatable bonds is 7. The number of halogens is 3. The second-order valence-electron chi connectivity index (χ2n) is 7.40. The molecule has 0 aliphatic rings. The van der Waals surface area contributed by atoms with Gasteiger partial charge in [-0.2, -0.15) is 13.2 Å². The van der Waals surface area contributed by atoms with E-state index in [9.17, 15) is 13.2 Å². The minimum Gasteiger partial charge on any atom is -0.492 e. The Balaban J connectivity index is 1.61. The van der Waals surface area contributed by atoms with Gasteiger partial charge in [0.15, 0.2) is 11.0 Å². The predicted molar refractivity (Wildman–Crippen MR) is 122 cm³/mol. The van der Waals surface area contributed by atoms with Gasteiger partial charge in [-0.1, -0.05) is 30.0 Å². The van der Waals surface area contributed by atoms with Crippen molar-refractivity contribution < 1.29 is 17.9 Å². The first-order valence-corrected chi connectivity index (χ1v) is 11.2. The van der Waals surface area contributed by atoms with Crippen LogP contribution in [-0.4, -0.2) is 32.1 Å². The summed E-state index contributed by atoms with van der Waals surface area (Å²) in [5, 5.41) is 8.97. The van der Waals surface area contributed by atoms with Gasteiger partial charge in [0.05, 0.1) is 17.9 Å². The molecular weight excluding hydrogens is 449 g/mol. The van der Waals surface area contributed by atoms with Crippen molar-refractivity contribution in [2.24, 2.45) is 0 Å². The van der Waals surface area contributed by atoms with Gasteiger partial charge in [-0.25, -0.2) is 0 Å². The van der Waals surface area contributed by atoms with E-state index in [2.05, 4.69) is 15.2 Å². The Morgan fingerprint density at radius 2 is 1.85 bits per heavy atom. The summed E-state index contributed by atoms with van der Waals surface area (Å²) in [5.74, 6) is 1.77. The highest BCUT2D eigenvalue weighted by atomic mass is 32.2. The van der Waals surface area contributed by atoms with Crippen molar-refractivity contribution in [1.29, 1.82) is 0 Å². The Bertz CT molecular complexity index is 1240. The Kier molecular flexibility index (Phi) is 6.69. The summed E-state index contributed by atoms with van der Waals surface area (Å²) in [6, 6.07) is 14.7. The molecule has 0 saturated heterocycles. The van der Waals surface area contributed by atoms with Gasteiger partial charge in [-0.15, -0.1) is 10.2 Å². The first-order chi connectivity index (χ1) is 15.8. The van der Waals surface area contributed by atoms with Crippen LogP contribution in [0.3, 0.4) is 0 Å². The fourth-order valence-electron chi connectivity index (χ4n) is 3.25. The lowest BCUT2D eigenvalue weighted by molar-refractivity contribution is -0.137. The Hall–Kier alpha value is -3.33. The summed E-state index contributed by atoms with van der Waals surface area (Å²) < 4.78 is 47.5. The number of pyridine rings is 1. The standard InChI is InChI=1S/C24H21F3N4OS/c1-16-8-9-17(2)21(13-16)32-11-12-33-23-30-29-22(18-5-4-10-28-15-18)31(23)20-7-3-6-19(14-20)24(25,26)27/h3-10,13-15H,11-12H2,1-2H3. The molecule has 0 bridgehead atoms. The Labute approximate surface area is 193 Å².